The van der Waals surface area contributed by atoms with Crippen molar-refractivity contribution in [1.82, 2.24) is 0 Å². The summed E-state index contributed by atoms with van der Waals surface area (Å²) in [6.45, 7) is 1.95. The highest BCUT2D eigenvalue weighted by Crippen LogP contribution is 2.42. The van der Waals surface area contributed by atoms with Crippen LogP contribution in [0.25, 0.3) is 0 Å². The standard InChI is InChI=1S/C24H42NO6P/c1-2-3-4-5-6-7-8-9-10-11-12-13-14-15-16-17-18-19-24(26)29-22-23-31-32(27,28)30-21-20-25/h6-7,9-10,12-13,15-16H,2-5,8,11,14,17-23,25H2,1H3,(H,27,28)/b7-6+,10-9+,13-12-,16-15+. The van der Waals surface area contributed by atoms with E-state index in [1.54, 1.807) is 0 Å². The Morgan fingerprint density at radius 2 is 1.34 bits per heavy atom. The van der Waals surface area contributed by atoms with Gasteiger partial charge in [0.2, 0.25) is 0 Å². The van der Waals surface area contributed by atoms with E-state index in [-0.39, 0.29) is 32.3 Å². The number of rotatable bonds is 21. The van der Waals surface area contributed by atoms with Crippen LogP contribution in [0.1, 0.15) is 71.1 Å². The number of unbranched alkanes of at least 4 members (excludes halogenated alkanes) is 4. The van der Waals surface area contributed by atoms with Gasteiger partial charge in [-0.15, -0.1) is 0 Å². The van der Waals surface area contributed by atoms with Crippen molar-refractivity contribution < 1.29 is 28.0 Å². The van der Waals surface area contributed by atoms with Gasteiger partial charge in [0.25, 0.3) is 0 Å². The van der Waals surface area contributed by atoms with Gasteiger partial charge in [-0.05, 0) is 44.9 Å². The molecule has 0 amide bonds. The summed E-state index contributed by atoms with van der Waals surface area (Å²) in [7, 11) is -4.12. The van der Waals surface area contributed by atoms with Gasteiger partial charge < -0.3 is 15.4 Å². The average Bonchev–Trinajstić information content (AvgIpc) is 2.77. The molecule has 0 aromatic carbocycles. The Morgan fingerprint density at radius 3 is 1.91 bits per heavy atom. The maximum absolute atomic E-state index is 11.6. The molecule has 0 spiro atoms. The largest absolute Gasteiger partial charge is 0.472 e. The van der Waals surface area contributed by atoms with Crippen LogP contribution in [0.5, 0.6) is 0 Å². The fourth-order valence-electron chi connectivity index (χ4n) is 2.51. The van der Waals surface area contributed by atoms with Crippen LogP contribution in [-0.2, 0) is 23.1 Å². The summed E-state index contributed by atoms with van der Waals surface area (Å²) in [5, 5.41) is 0. The SMILES string of the molecule is CCCCC/C=C/C/C=C/C/C=C\C/C=C/CCCC(=O)OCCOP(=O)(O)OCCN. The average molecular weight is 472 g/mol. The van der Waals surface area contributed by atoms with Crippen molar-refractivity contribution in [3.63, 3.8) is 0 Å². The molecular formula is C24H42NO6P. The third-order valence-electron chi connectivity index (χ3n) is 4.18. The summed E-state index contributed by atoms with van der Waals surface area (Å²) in [4.78, 5) is 20.9. The number of allylic oxidation sites excluding steroid dienone is 8. The van der Waals surface area contributed by atoms with Crippen molar-refractivity contribution in [2.75, 3.05) is 26.4 Å². The lowest BCUT2D eigenvalue weighted by atomic mass is 10.2. The zero-order valence-electron chi connectivity index (χ0n) is 19.5. The summed E-state index contributed by atoms with van der Waals surface area (Å²) in [6.07, 6.45) is 26.9. The van der Waals surface area contributed by atoms with Gasteiger partial charge in [-0.3, -0.25) is 13.8 Å². The van der Waals surface area contributed by atoms with Crippen molar-refractivity contribution in [1.29, 1.82) is 0 Å². The molecule has 0 aliphatic rings. The lowest BCUT2D eigenvalue weighted by molar-refractivity contribution is -0.144. The summed E-state index contributed by atoms with van der Waals surface area (Å²) < 4.78 is 25.5. The molecule has 0 rings (SSSR count). The summed E-state index contributed by atoms with van der Waals surface area (Å²) in [6, 6.07) is 0. The zero-order chi connectivity index (χ0) is 23.8. The molecule has 32 heavy (non-hydrogen) atoms. The van der Waals surface area contributed by atoms with Crippen LogP contribution in [0.15, 0.2) is 48.6 Å². The number of nitrogens with two attached hydrogens (primary N) is 1. The van der Waals surface area contributed by atoms with Gasteiger partial charge in [-0.25, -0.2) is 4.57 Å². The zero-order valence-corrected chi connectivity index (χ0v) is 20.4. The normalized spacial score (nSPS) is 14.2. The van der Waals surface area contributed by atoms with Crippen molar-refractivity contribution in [2.45, 2.75) is 71.1 Å². The number of ether oxygens (including phenoxy) is 1. The van der Waals surface area contributed by atoms with E-state index in [0.29, 0.717) is 12.8 Å². The monoisotopic (exact) mass is 471 g/mol. The van der Waals surface area contributed by atoms with Gasteiger partial charge in [0.15, 0.2) is 0 Å². The highest BCUT2D eigenvalue weighted by atomic mass is 31.2. The maximum Gasteiger partial charge on any atom is 0.472 e. The fraction of sp³-hybridized carbons (Fsp3) is 0.625. The van der Waals surface area contributed by atoms with E-state index in [1.165, 1.54) is 25.7 Å². The molecule has 0 aliphatic carbocycles. The van der Waals surface area contributed by atoms with Gasteiger partial charge in [-0.1, -0.05) is 68.4 Å². The molecule has 0 heterocycles. The van der Waals surface area contributed by atoms with Crippen molar-refractivity contribution >= 4 is 13.8 Å². The minimum absolute atomic E-state index is 0.0783. The molecule has 7 nitrogen and oxygen atoms in total. The number of esters is 1. The van der Waals surface area contributed by atoms with E-state index in [1.807, 2.05) is 0 Å². The third kappa shape index (κ3) is 23.2. The second kappa shape index (κ2) is 22.7. The molecular weight excluding hydrogens is 429 g/mol. The first-order valence-corrected chi connectivity index (χ1v) is 13.1. The van der Waals surface area contributed by atoms with E-state index < -0.39 is 7.82 Å². The smallest absolute Gasteiger partial charge is 0.463 e. The quantitative estimate of drug-likeness (QED) is 0.0947. The molecule has 0 radical (unpaired) electrons. The maximum atomic E-state index is 11.6. The van der Waals surface area contributed by atoms with Crippen LogP contribution < -0.4 is 5.73 Å². The van der Waals surface area contributed by atoms with E-state index in [4.69, 9.17) is 10.5 Å². The van der Waals surface area contributed by atoms with Crippen LogP contribution in [0.2, 0.25) is 0 Å². The molecule has 1 atom stereocenters. The lowest BCUT2D eigenvalue weighted by Crippen LogP contribution is -2.12. The Bertz CT molecular complexity index is 616. The highest BCUT2D eigenvalue weighted by Gasteiger charge is 2.20. The molecule has 0 fully saturated rings. The Balaban J connectivity index is 3.58. The first-order valence-electron chi connectivity index (χ1n) is 11.6. The van der Waals surface area contributed by atoms with Gasteiger partial charge in [0, 0.05) is 13.0 Å². The van der Waals surface area contributed by atoms with Crippen molar-refractivity contribution in [2.24, 2.45) is 5.73 Å². The Kier molecular flexibility index (Phi) is 21.6. The number of hydrogen-bond donors (Lipinski definition) is 2. The Hall–Kier alpha value is -1.50. The molecule has 0 aromatic heterocycles. The van der Waals surface area contributed by atoms with Crippen LogP contribution in [-0.4, -0.2) is 37.2 Å². The topological polar surface area (TPSA) is 108 Å². The number of carbonyl (C=O) groups excluding carboxylic acids is 1. The molecule has 8 heteroatoms. The molecule has 184 valence electrons. The van der Waals surface area contributed by atoms with Crippen molar-refractivity contribution in [3.05, 3.63) is 48.6 Å². The summed E-state index contributed by atoms with van der Waals surface area (Å²) in [5.41, 5.74) is 5.17. The van der Waals surface area contributed by atoms with E-state index in [2.05, 4.69) is 64.6 Å². The molecule has 0 aliphatic heterocycles. The second-order valence-electron chi connectivity index (χ2n) is 7.12. The Labute approximate surface area is 194 Å². The number of phosphoric acid groups is 1. The molecule has 0 saturated heterocycles. The number of hydrogen-bond acceptors (Lipinski definition) is 6. The first kappa shape index (κ1) is 30.5. The molecule has 1 unspecified atom stereocenters. The van der Waals surface area contributed by atoms with E-state index >= 15 is 0 Å². The van der Waals surface area contributed by atoms with Crippen molar-refractivity contribution in [3.8, 4) is 0 Å². The van der Waals surface area contributed by atoms with Crippen LogP contribution in [0.4, 0.5) is 0 Å². The van der Waals surface area contributed by atoms with E-state index in [9.17, 15) is 14.3 Å². The minimum Gasteiger partial charge on any atom is -0.463 e. The number of carbonyl (C=O) groups is 1. The molecule has 0 saturated carbocycles. The molecule has 0 bridgehead atoms. The fourth-order valence-corrected chi connectivity index (χ4v) is 3.23. The van der Waals surface area contributed by atoms with Crippen LogP contribution in [0, 0.1) is 0 Å². The first-order chi connectivity index (χ1) is 15.5. The minimum atomic E-state index is -4.12. The van der Waals surface area contributed by atoms with E-state index in [0.717, 1.165) is 25.7 Å². The van der Waals surface area contributed by atoms with Crippen LogP contribution in [0.3, 0.4) is 0 Å². The van der Waals surface area contributed by atoms with Crippen LogP contribution >= 0.6 is 7.82 Å². The predicted molar refractivity (Wildman–Crippen MR) is 130 cm³/mol. The molecule has 3 N–H and O–H groups in total. The van der Waals surface area contributed by atoms with Gasteiger partial charge in [0.1, 0.15) is 6.61 Å². The lowest BCUT2D eigenvalue weighted by Gasteiger charge is -2.11. The number of phosphoric ester groups is 1. The van der Waals surface area contributed by atoms with Gasteiger partial charge in [-0.2, -0.15) is 0 Å². The third-order valence-corrected chi connectivity index (χ3v) is 5.20. The predicted octanol–water partition coefficient (Wildman–Crippen LogP) is 5.77. The summed E-state index contributed by atoms with van der Waals surface area (Å²) in [5.74, 6) is -0.361. The summed E-state index contributed by atoms with van der Waals surface area (Å²) >= 11 is 0. The Morgan fingerprint density at radius 1 is 0.812 bits per heavy atom. The second-order valence-corrected chi connectivity index (χ2v) is 8.58. The van der Waals surface area contributed by atoms with Gasteiger partial charge >= 0.3 is 13.8 Å². The highest BCUT2D eigenvalue weighted by molar-refractivity contribution is 7.47. The molecule has 0 aromatic rings. The van der Waals surface area contributed by atoms with Gasteiger partial charge in [0.05, 0.1) is 13.2 Å².